The van der Waals surface area contributed by atoms with Crippen LogP contribution in [0.1, 0.15) is 136 Å². The summed E-state index contributed by atoms with van der Waals surface area (Å²) in [5, 5.41) is 10.2. The maximum absolute atomic E-state index is 10.2. The standard InChI is InChI=1S/C28H55N2O/c1-4-6-7-8-9-10-11-12-13-14-15-16-17-18-19-20-21-22-23-24-28-29-25-26-30(28,5-2)27(3)31/h19-20,25,27-28,31H,4-18,21-24,26H2,1-3H3/q+1/b20-19+. The number of hydrogen-bond donors (Lipinski definition) is 1. The predicted molar refractivity (Wildman–Crippen MR) is 138 cm³/mol. The molecule has 0 spiro atoms. The van der Waals surface area contributed by atoms with Crippen molar-refractivity contribution < 1.29 is 9.59 Å². The van der Waals surface area contributed by atoms with Crippen molar-refractivity contribution in [1.29, 1.82) is 0 Å². The van der Waals surface area contributed by atoms with Gasteiger partial charge < -0.3 is 5.11 Å². The van der Waals surface area contributed by atoms with E-state index in [0.29, 0.717) is 0 Å². The number of hydrogen-bond acceptors (Lipinski definition) is 2. The van der Waals surface area contributed by atoms with Gasteiger partial charge in [0.15, 0.2) is 12.4 Å². The highest BCUT2D eigenvalue weighted by atomic mass is 16.3. The Morgan fingerprint density at radius 2 is 1.29 bits per heavy atom. The van der Waals surface area contributed by atoms with Crippen LogP contribution in [0.15, 0.2) is 17.1 Å². The number of aliphatic imine (C=N–C) groups is 1. The first-order chi connectivity index (χ1) is 15.2. The number of aliphatic hydroxyl groups is 1. The van der Waals surface area contributed by atoms with Gasteiger partial charge in [0.1, 0.15) is 6.54 Å². The first-order valence-electron chi connectivity index (χ1n) is 13.9. The third-order valence-electron chi connectivity index (χ3n) is 7.35. The van der Waals surface area contributed by atoms with Crippen LogP contribution >= 0.6 is 0 Å². The normalized spacial score (nSPS) is 22.0. The van der Waals surface area contributed by atoms with Crippen LogP contribution < -0.4 is 0 Å². The van der Waals surface area contributed by atoms with Crippen LogP contribution in [-0.4, -0.2) is 41.3 Å². The van der Waals surface area contributed by atoms with Crippen LogP contribution in [0.5, 0.6) is 0 Å². The van der Waals surface area contributed by atoms with Crippen molar-refractivity contribution >= 4 is 6.21 Å². The second kappa shape index (κ2) is 18.9. The quantitative estimate of drug-likeness (QED) is 0.110. The van der Waals surface area contributed by atoms with E-state index in [1.165, 1.54) is 109 Å². The molecule has 182 valence electrons. The monoisotopic (exact) mass is 435 g/mol. The van der Waals surface area contributed by atoms with Crippen LogP contribution in [0.2, 0.25) is 0 Å². The maximum atomic E-state index is 10.2. The third-order valence-corrected chi connectivity index (χ3v) is 7.35. The molecule has 0 radical (unpaired) electrons. The lowest BCUT2D eigenvalue weighted by molar-refractivity contribution is -0.976. The Morgan fingerprint density at radius 3 is 1.77 bits per heavy atom. The third kappa shape index (κ3) is 12.2. The number of allylic oxidation sites excluding steroid dienone is 2. The predicted octanol–water partition coefficient (Wildman–Crippen LogP) is 8.17. The Bertz CT molecular complexity index is 460. The van der Waals surface area contributed by atoms with E-state index >= 15 is 0 Å². The van der Waals surface area contributed by atoms with Crippen molar-refractivity contribution in [2.24, 2.45) is 4.99 Å². The van der Waals surface area contributed by atoms with Crippen LogP contribution in [-0.2, 0) is 0 Å². The molecule has 1 N–H and O–H groups in total. The molecule has 0 aliphatic carbocycles. The van der Waals surface area contributed by atoms with E-state index in [0.717, 1.165) is 24.0 Å². The number of quaternary nitrogens is 1. The number of unbranched alkanes of at least 4 members (excludes halogenated alkanes) is 15. The Labute approximate surface area is 195 Å². The van der Waals surface area contributed by atoms with Crippen molar-refractivity contribution in [3.8, 4) is 0 Å². The lowest BCUT2D eigenvalue weighted by Gasteiger charge is -2.40. The summed E-state index contributed by atoms with van der Waals surface area (Å²) in [5.74, 6) is 0. The average Bonchev–Trinajstić information content (AvgIpc) is 3.19. The minimum atomic E-state index is -0.322. The fourth-order valence-corrected chi connectivity index (χ4v) is 5.02. The smallest absolute Gasteiger partial charge is 0.189 e. The second-order valence-corrected chi connectivity index (χ2v) is 9.83. The molecule has 1 aliphatic rings. The fraction of sp³-hybridized carbons (Fsp3) is 0.893. The largest absolute Gasteiger partial charge is 0.345 e. The molecule has 0 amide bonds. The fourth-order valence-electron chi connectivity index (χ4n) is 5.02. The van der Waals surface area contributed by atoms with E-state index in [4.69, 9.17) is 0 Å². The zero-order chi connectivity index (χ0) is 22.6. The Balaban J connectivity index is 1.86. The summed E-state index contributed by atoms with van der Waals surface area (Å²) < 4.78 is 0.731. The van der Waals surface area contributed by atoms with Gasteiger partial charge in [0.05, 0.1) is 12.8 Å². The molecule has 1 rings (SSSR count). The second-order valence-electron chi connectivity index (χ2n) is 9.83. The lowest BCUT2D eigenvalue weighted by atomic mass is 10.0. The summed E-state index contributed by atoms with van der Waals surface area (Å²) >= 11 is 0. The molecular formula is C28H55N2O+. The van der Waals surface area contributed by atoms with E-state index in [-0.39, 0.29) is 12.4 Å². The maximum Gasteiger partial charge on any atom is 0.189 e. The minimum absolute atomic E-state index is 0.264. The summed E-state index contributed by atoms with van der Waals surface area (Å²) in [6.45, 7) is 8.23. The summed E-state index contributed by atoms with van der Waals surface area (Å²) in [7, 11) is 0. The van der Waals surface area contributed by atoms with Crippen molar-refractivity contribution in [3.05, 3.63) is 12.2 Å². The summed E-state index contributed by atoms with van der Waals surface area (Å²) in [5.41, 5.74) is 0. The van der Waals surface area contributed by atoms with Gasteiger partial charge in [0, 0.05) is 13.3 Å². The molecule has 1 aliphatic heterocycles. The molecule has 0 fully saturated rings. The molecular weight excluding hydrogens is 380 g/mol. The molecule has 3 heteroatoms. The summed E-state index contributed by atoms with van der Waals surface area (Å²) in [4.78, 5) is 4.67. The molecule has 1 heterocycles. The Kier molecular flexibility index (Phi) is 17.3. The summed E-state index contributed by atoms with van der Waals surface area (Å²) in [6.07, 6.45) is 31.3. The SMILES string of the molecule is CCCCCCCCCCCCCCC/C=C/CCCCC1N=CC[N+]1(CC)C(C)O. The van der Waals surface area contributed by atoms with Gasteiger partial charge >= 0.3 is 0 Å². The number of rotatable bonds is 21. The molecule has 0 aromatic carbocycles. The van der Waals surface area contributed by atoms with Gasteiger partial charge in [-0.2, -0.15) is 0 Å². The zero-order valence-electron chi connectivity index (χ0n) is 21.4. The first kappa shape index (κ1) is 28.4. The molecule has 0 saturated carbocycles. The van der Waals surface area contributed by atoms with E-state index in [2.05, 4.69) is 31.0 Å². The van der Waals surface area contributed by atoms with E-state index < -0.39 is 0 Å². The van der Waals surface area contributed by atoms with Crippen LogP contribution in [0.4, 0.5) is 0 Å². The van der Waals surface area contributed by atoms with Crippen molar-refractivity contribution in [1.82, 2.24) is 0 Å². The van der Waals surface area contributed by atoms with Gasteiger partial charge in [-0.15, -0.1) is 0 Å². The average molecular weight is 436 g/mol. The molecule has 31 heavy (non-hydrogen) atoms. The van der Waals surface area contributed by atoms with Crippen molar-refractivity contribution in [2.45, 2.75) is 149 Å². The van der Waals surface area contributed by atoms with Gasteiger partial charge in [0.2, 0.25) is 0 Å². The van der Waals surface area contributed by atoms with Crippen LogP contribution in [0.25, 0.3) is 0 Å². The number of aliphatic hydroxyl groups excluding tert-OH is 1. The summed E-state index contributed by atoms with van der Waals surface area (Å²) in [6, 6.07) is 0. The Hall–Kier alpha value is -0.670. The molecule has 0 aromatic rings. The molecule has 3 nitrogen and oxygen atoms in total. The van der Waals surface area contributed by atoms with Gasteiger partial charge in [-0.05, 0) is 39.0 Å². The van der Waals surface area contributed by atoms with Gasteiger partial charge in [-0.3, -0.25) is 4.48 Å². The highest BCUT2D eigenvalue weighted by Crippen LogP contribution is 2.26. The molecule has 0 bridgehead atoms. The number of nitrogens with zero attached hydrogens (tertiary/aromatic N) is 2. The Morgan fingerprint density at radius 1 is 0.806 bits per heavy atom. The molecule has 3 atom stereocenters. The van der Waals surface area contributed by atoms with Gasteiger partial charge in [-0.25, -0.2) is 4.99 Å². The van der Waals surface area contributed by atoms with Crippen LogP contribution in [0.3, 0.4) is 0 Å². The van der Waals surface area contributed by atoms with E-state index in [1.54, 1.807) is 0 Å². The van der Waals surface area contributed by atoms with Crippen LogP contribution in [0, 0.1) is 0 Å². The molecule has 3 unspecified atom stereocenters. The highest BCUT2D eigenvalue weighted by Gasteiger charge is 2.41. The van der Waals surface area contributed by atoms with Crippen molar-refractivity contribution in [2.75, 3.05) is 13.1 Å². The highest BCUT2D eigenvalue weighted by molar-refractivity contribution is 5.60. The topological polar surface area (TPSA) is 32.6 Å². The molecule has 0 aromatic heterocycles. The lowest BCUT2D eigenvalue weighted by Crippen LogP contribution is -2.57. The zero-order valence-corrected chi connectivity index (χ0v) is 21.4. The van der Waals surface area contributed by atoms with E-state index in [1.807, 2.05) is 13.1 Å². The first-order valence-corrected chi connectivity index (χ1v) is 13.9. The van der Waals surface area contributed by atoms with E-state index in [9.17, 15) is 5.11 Å². The van der Waals surface area contributed by atoms with Gasteiger partial charge in [0.25, 0.3) is 0 Å². The minimum Gasteiger partial charge on any atom is -0.345 e. The molecule has 0 saturated heterocycles. The van der Waals surface area contributed by atoms with Gasteiger partial charge in [-0.1, -0.05) is 96.1 Å². The van der Waals surface area contributed by atoms with Crippen molar-refractivity contribution in [3.63, 3.8) is 0 Å².